The van der Waals surface area contributed by atoms with E-state index in [0.717, 1.165) is 11.1 Å². The zero-order valence-corrected chi connectivity index (χ0v) is 15.4. The van der Waals surface area contributed by atoms with Crippen LogP contribution >= 0.6 is 0 Å². The molecule has 4 rings (SSSR count). The molecule has 2 aromatic rings. The van der Waals surface area contributed by atoms with E-state index in [4.69, 9.17) is 18.9 Å². The van der Waals surface area contributed by atoms with Crippen LogP contribution in [0.2, 0.25) is 0 Å². The molecule has 0 aromatic heterocycles. The quantitative estimate of drug-likeness (QED) is 0.811. The molecule has 2 atom stereocenters. The van der Waals surface area contributed by atoms with E-state index in [-0.39, 0.29) is 11.8 Å². The normalized spacial score (nSPS) is 23.6. The van der Waals surface area contributed by atoms with E-state index in [1.165, 1.54) is 0 Å². The molecule has 0 aliphatic carbocycles. The number of benzene rings is 2. The lowest BCUT2D eigenvalue weighted by molar-refractivity contribution is -0.269. The third kappa shape index (κ3) is 2.78. The zero-order valence-electron chi connectivity index (χ0n) is 15.4. The van der Waals surface area contributed by atoms with E-state index in [1.807, 2.05) is 36.4 Å². The van der Waals surface area contributed by atoms with Crippen molar-refractivity contribution in [2.24, 2.45) is 11.8 Å². The summed E-state index contributed by atoms with van der Waals surface area (Å²) in [6.45, 7) is 6.69. The average molecular weight is 354 g/mol. The van der Waals surface area contributed by atoms with Crippen LogP contribution in [-0.4, -0.2) is 26.4 Å². The fraction of sp³-hybridized carbons (Fsp3) is 0.455. The van der Waals surface area contributed by atoms with Gasteiger partial charge in [0.25, 0.3) is 0 Å². The third-order valence-electron chi connectivity index (χ3n) is 5.73. The number of hydrogen-bond donors (Lipinski definition) is 0. The van der Waals surface area contributed by atoms with Crippen LogP contribution in [0, 0.1) is 11.8 Å². The van der Waals surface area contributed by atoms with Gasteiger partial charge < -0.3 is 18.9 Å². The van der Waals surface area contributed by atoms with Crippen molar-refractivity contribution in [1.82, 2.24) is 0 Å². The van der Waals surface area contributed by atoms with Crippen molar-refractivity contribution in [3.05, 3.63) is 71.8 Å². The molecule has 138 valence electrons. The van der Waals surface area contributed by atoms with Crippen molar-refractivity contribution in [2.45, 2.75) is 25.4 Å². The Labute approximate surface area is 155 Å². The van der Waals surface area contributed by atoms with Gasteiger partial charge in [0.2, 0.25) is 0 Å². The first-order valence-electron chi connectivity index (χ1n) is 9.36. The molecule has 0 spiro atoms. The van der Waals surface area contributed by atoms with Gasteiger partial charge in [0, 0.05) is 23.0 Å². The van der Waals surface area contributed by atoms with E-state index in [1.54, 1.807) is 0 Å². The summed E-state index contributed by atoms with van der Waals surface area (Å²) in [4.78, 5) is 0. The van der Waals surface area contributed by atoms with Crippen molar-refractivity contribution < 1.29 is 18.9 Å². The highest BCUT2D eigenvalue weighted by molar-refractivity contribution is 5.25. The Morgan fingerprint density at radius 2 is 0.885 bits per heavy atom. The minimum atomic E-state index is -0.780. The molecule has 2 heterocycles. The van der Waals surface area contributed by atoms with Gasteiger partial charge in [0.15, 0.2) is 11.6 Å². The second kappa shape index (κ2) is 7.12. The molecule has 2 aromatic carbocycles. The van der Waals surface area contributed by atoms with Gasteiger partial charge in [-0.1, -0.05) is 74.5 Å². The van der Waals surface area contributed by atoms with Gasteiger partial charge in [-0.25, -0.2) is 0 Å². The number of hydrogen-bond acceptors (Lipinski definition) is 4. The first-order chi connectivity index (χ1) is 12.7. The first-order valence-corrected chi connectivity index (χ1v) is 9.36. The maximum Gasteiger partial charge on any atom is 0.198 e. The van der Waals surface area contributed by atoms with Gasteiger partial charge in [0.05, 0.1) is 26.4 Å². The Bertz CT molecular complexity index is 640. The molecule has 2 aliphatic rings. The Morgan fingerprint density at radius 1 is 0.577 bits per heavy atom. The Balaban J connectivity index is 1.72. The fourth-order valence-corrected chi connectivity index (χ4v) is 4.24. The highest BCUT2D eigenvalue weighted by atomic mass is 16.7. The monoisotopic (exact) mass is 354 g/mol. The van der Waals surface area contributed by atoms with Crippen molar-refractivity contribution in [2.75, 3.05) is 26.4 Å². The smallest absolute Gasteiger partial charge is 0.198 e. The van der Waals surface area contributed by atoms with Crippen molar-refractivity contribution in [1.29, 1.82) is 0 Å². The van der Waals surface area contributed by atoms with Gasteiger partial charge in [-0.3, -0.25) is 0 Å². The first kappa shape index (κ1) is 17.7. The molecule has 0 amide bonds. The molecule has 0 radical (unpaired) electrons. The SMILES string of the molecule is CC(C(C)C1(c2ccccc2)OCCO1)C1(c2ccccc2)OCCO1. The van der Waals surface area contributed by atoms with Crippen LogP contribution < -0.4 is 0 Å². The van der Waals surface area contributed by atoms with Crippen LogP contribution in [0.1, 0.15) is 25.0 Å². The molecule has 4 heteroatoms. The lowest BCUT2D eigenvalue weighted by Crippen LogP contribution is -2.47. The molecule has 0 N–H and O–H groups in total. The van der Waals surface area contributed by atoms with E-state index < -0.39 is 11.6 Å². The predicted molar refractivity (Wildman–Crippen MR) is 98.4 cm³/mol. The highest BCUT2D eigenvalue weighted by Crippen LogP contribution is 2.49. The molecular formula is C22H26O4. The zero-order chi connectivity index (χ0) is 18.0. The van der Waals surface area contributed by atoms with E-state index in [9.17, 15) is 0 Å². The van der Waals surface area contributed by atoms with E-state index >= 15 is 0 Å². The fourth-order valence-electron chi connectivity index (χ4n) is 4.24. The molecule has 26 heavy (non-hydrogen) atoms. The maximum atomic E-state index is 6.22. The van der Waals surface area contributed by atoms with E-state index in [2.05, 4.69) is 38.1 Å². The van der Waals surface area contributed by atoms with Crippen LogP contribution in [0.3, 0.4) is 0 Å². The lowest BCUT2D eigenvalue weighted by atomic mass is 9.77. The van der Waals surface area contributed by atoms with Gasteiger partial charge >= 0.3 is 0 Å². The van der Waals surface area contributed by atoms with Crippen molar-refractivity contribution in [3.8, 4) is 0 Å². The summed E-state index contributed by atoms with van der Waals surface area (Å²) >= 11 is 0. The number of ether oxygens (including phenoxy) is 4. The lowest BCUT2D eigenvalue weighted by Gasteiger charge is -2.43. The van der Waals surface area contributed by atoms with Crippen LogP contribution in [0.4, 0.5) is 0 Å². The average Bonchev–Trinajstić information content (AvgIpc) is 3.39. The van der Waals surface area contributed by atoms with E-state index in [0.29, 0.717) is 26.4 Å². The van der Waals surface area contributed by atoms with Crippen molar-refractivity contribution in [3.63, 3.8) is 0 Å². The molecule has 0 bridgehead atoms. The molecule has 0 saturated carbocycles. The summed E-state index contributed by atoms with van der Waals surface area (Å²) in [6, 6.07) is 20.4. The summed E-state index contributed by atoms with van der Waals surface area (Å²) in [7, 11) is 0. The molecule has 2 saturated heterocycles. The minimum absolute atomic E-state index is 0.0192. The Hall–Kier alpha value is -1.72. The third-order valence-corrected chi connectivity index (χ3v) is 5.73. The molecule has 4 nitrogen and oxygen atoms in total. The largest absolute Gasteiger partial charge is 0.343 e. The number of rotatable bonds is 5. The summed E-state index contributed by atoms with van der Waals surface area (Å²) in [5.74, 6) is -1.52. The predicted octanol–water partition coefficient (Wildman–Crippen LogP) is 4.06. The molecule has 2 aliphatic heterocycles. The molecule has 2 unspecified atom stereocenters. The van der Waals surface area contributed by atoms with Crippen molar-refractivity contribution >= 4 is 0 Å². The van der Waals surface area contributed by atoms with Crippen LogP contribution in [0.15, 0.2) is 60.7 Å². The van der Waals surface area contributed by atoms with Crippen LogP contribution in [0.25, 0.3) is 0 Å². The minimum Gasteiger partial charge on any atom is -0.343 e. The molecular weight excluding hydrogens is 328 g/mol. The van der Waals surface area contributed by atoms with Gasteiger partial charge in [-0.2, -0.15) is 0 Å². The van der Waals surface area contributed by atoms with Crippen LogP contribution in [-0.2, 0) is 30.5 Å². The van der Waals surface area contributed by atoms with Crippen LogP contribution in [0.5, 0.6) is 0 Å². The molecule has 2 fully saturated rings. The highest BCUT2D eigenvalue weighted by Gasteiger charge is 2.54. The standard InChI is InChI=1S/C22H26O4/c1-17(21(23-13-14-24-21)19-9-5-3-6-10-19)18(2)22(25-15-16-26-22)20-11-7-4-8-12-20/h3-12,17-18H,13-16H2,1-2H3. The van der Waals surface area contributed by atoms with Gasteiger partial charge in [0.1, 0.15) is 0 Å². The Morgan fingerprint density at radius 3 is 1.19 bits per heavy atom. The second-order valence-electron chi connectivity index (χ2n) is 7.04. The summed E-state index contributed by atoms with van der Waals surface area (Å²) in [5, 5.41) is 0. The topological polar surface area (TPSA) is 36.9 Å². The Kier molecular flexibility index (Phi) is 4.84. The second-order valence-corrected chi connectivity index (χ2v) is 7.04. The van der Waals surface area contributed by atoms with Gasteiger partial charge in [-0.15, -0.1) is 0 Å². The van der Waals surface area contributed by atoms with Gasteiger partial charge in [-0.05, 0) is 0 Å². The summed E-state index contributed by atoms with van der Waals surface area (Å²) in [5.41, 5.74) is 2.08. The maximum absolute atomic E-state index is 6.22. The summed E-state index contributed by atoms with van der Waals surface area (Å²) in [6.07, 6.45) is 0. The summed E-state index contributed by atoms with van der Waals surface area (Å²) < 4.78 is 24.9.